The minimum atomic E-state index is -0.00699. The van der Waals surface area contributed by atoms with Crippen molar-refractivity contribution in [3.63, 3.8) is 0 Å². The van der Waals surface area contributed by atoms with E-state index in [9.17, 15) is 5.11 Å². The minimum absolute atomic E-state index is 0.00699. The van der Waals surface area contributed by atoms with E-state index in [4.69, 9.17) is 23.2 Å². The van der Waals surface area contributed by atoms with E-state index in [1.165, 1.54) is 5.56 Å². The first-order valence-corrected chi connectivity index (χ1v) is 7.26. The number of rotatable bonds is 6. The normalized spacial score (nSPS) is 12.3. The number of aliphatic hydroxyl groups is 1. The Morgan fingerprint density at radius 3 is 2.50 bits per heavy atom. The molecule has 0 aromatic heterocycles. The molecule has 0 saturated carbocycles. The summed E-state index contributed by atoms with van der Waals surface area (Å²) in [6, 6.07) is 15.5. The summed E-state index contributed by atoms with van der Waals surface area (Å²) in [6.07, 6.45) is 0.773. The fourth-order valence-corrected chi connectivity index (χ4v) is 2.41. The fraction of sp³-hybridized carbons (Fsp3) is 0.250. The first kappa shape index (κ1) is 15.3. The second-order valence-electron chi connectivity index (χ2n) is 4.69. The van der Waals surface area contributed by atoms with Crippen LogP contribution in [0.1, 0.15) is 11.1 Å². The van der Waals surface area contributed by atoms with E-state index in [2.05, 4.69) is 17.4 Å². The molecule has 2 aromatic carbocycles. The summed E-state index contributed by atoms with van der Waals surface area (Å²) in [5.41, 5.74) is 2.13. The number of nitrogens with one attached hydrogen (secondary N) is 1. The molecule has 0 aliphatic heterocycles. The van der Waals surface area contributed by atoms with Crippen LogP contribution in [-0.2, 0) is 13.0 Å². The van der Waals surface area contributed by atoms with Gasteiger partial charge in [-0.3, -0.25) is 0 Å². The summed E-state index contributed by atoms with van der Waals surface area (Å²) < 4.78 is 0. The summed E-state index contributed by atoms with van der Waals surface area (Å²) in [4.78, 5) is 0. The van der Waals surface area contributed by atoms with Gasteiger partial charge in [0.05, 0.1) is 6.61 Å². The third kappa shape index (κ3) is 4.50. The smallest absolute Gasteiger partial charge is 0.0587 e. The summed E-state index contributed by atoms with van der Waals surface area (Å²) >= 11 is 12.1. The number of hydrogen-bond donors (Lipinski definition) is 2. The molecule has 0 unspecified atom stereocenters. The van der Waals surface area contributed by atoms with Crippen molar-refractivity contribution >= 4 is 23.2 Å². The Balaban J connectivity index is 1.95. The van der Waals surface area contributed by atoms with E-state index in [1.807, 2.05) is 24.3 Å². The van der Waals surface area contributed by atoms with Crippen LogP contribution in [0.25, 0.3) is 0 Å². The molecule has 4 heteroatoms. The zero-order valence-electron chi connectivity index (χ0n) is 11.0. The maximum Gasteiger partial charge on any atom is 0.0587 e. The number of hydrogen-bond acceptors (Lipinski definition) is 2. The highest BCUT2D eigenvalue weighted by molar-refractivity contribution is 6.33. The molecule has 0 heterocycles. The lowest BCUT2D eigenvalue weighted by atomic mass is 10.1. The SMILES string of the molecule is OC[C@@H](Cc1ccccc1)NCc1cc(Cl)ccc1Cl. The molecule has 0 aliphatic rings. The molecule has 2 nitrogen and oxygen atoms in total. The van der Waals surface area contributed by atoms with Gasteiger partial charge in [0.1, 0.15) is 0 Å². The highest BCUT2D eigenvalue weighted by atomic mass is 35.5. The van der Waals surface area contributed by atoms with Crippen molar-refractivity contribution in [2.45, 2.75) is 19.0 Å². The third-order valence-corrected chi connectivity index (χ3v) is 3.74. The highest BCUT2D eigenvalue weighted by Crippen LogP contribution is 2.20. The first-order valence-electron chi connectivity index (χ1n) is 6.51. The van der Waals surface area contributed by atoms with Gasteiger partial charge in [0, 0.05) is 22.6 Å². The Morgan fingerprint density at radius 1 is 1.05 bits per heavy atom. The van der Waals surface area contributed by atoms with Gasteiger partial charge in [-0.1, -0.05) is 53.5 Å². The lowest BCUT2D eigenvalue weighted by molar-refractivity contribution is 0.241. The van der Waals surface area contributed by atoms with Crippen LogP contribution in [0.4, 0.5) is 0 Å². The number of aliphatic hydroxyl groups excluding tert-OH is 1. The zero-order chi connectivity index (χ0) is 14.4. The van der Waals surface area contributed by atoms with Crippen LogP contribution in [0.15, 0.2) is 48.5 Å². The molecule has 0 amide bonds. The van der Waals surface area contributed by atoms with Gasteiger partial charge >= 0.3 is 0 Å². The molecule has 0 aliphatic carbocycles. The average molecular weight is 310 g/mol. The maximum absolute atomic E-state index is 9.47. The van der Waals surface area contributed by atoms with E-state index in [-0.39, 0.29) is 12.6 Å². The zero-order valence-corrected chi connectivity index (χ0v) is 12.5. The second kappa shape index (κ2) is 7.65. The molecular formula is C16H17Cl2NO. The van der Waals surface area contributed by atoms with Crippen molar-refractivity contribution in [2.75, 3.05) is 6.61 Å². The van der Waals surface area contributed by atoms with Crippen LogP contribution in [0, 0.1) is 0 Å². The minimum Gasteiger partial charge on any atom is -0.395 e. The van der Waals surface area contributed by atoms with Gasteiger partial charge in [-0.2, -0.15) is 0 Å². The highest BCUT2D eigenvalue weighted by Gasteiger charge is 2.09. The van der Waals surface area contributed by atoms with Gasteiger partial charge in [0.2, 0.25) is 0 Å². The molecule has 1 atom stereocenters. The molecule has 20 heavy (non-hydrogen) atoms. The Labute approximate surface area is 129 Å². The molecule has 0 spiro atoms. The summed E-state index contributed by atoms with van der Waals surface area (Å²) in [5.74, 6) is 0. The standard InChI is InChI=1S/C16H17Cl2NO/c17-14-6-7-16(18)13(9-14)10-19-15(11-20)8-12-4-2-1-3-5-12/h1-7,9,15,19-20H,8,10-11H2/t15-/m1/s1. The third-order valence-electron chi connectivity index (χ3n) is 3.13. The first-order chi connectivity index (χ1) is 9.69. The fourth-order valence-electron chi connectivity index (χ4n) is 2.03. The molecule has 2 rings (SSSR count). The Morgan fingerprint density at radius 2 is 1.80 bits per heavy atom. The molecule has 0 fully saturated rings. The van der Waals surface area contributed by atoms with Gasteiger partial charge in [-0.05, 0) is 35.7 Å². The van der Waals surface area contributed by atoms with Gasteiger partial charge in [0.25, 0.3) is 0 Å². The Hall–Kier alpha value is -1.06. The van der Waals surface area contributed by atoms with Crippen molar-refractivity contribution in [1.82, 2.24) is 5.32 Å². The lowest BCUT2D eigenvalue weighted by Crippen LogP contribution is -2.34. The van der Waals surface area contributed by atoms with Crippen LogP contribution >= 0.6 is 23.2 Å². The van der Waals surface area contributed by atoms with Crippen molar-refractivity contribution in [3.05, 3.63) is 69.7 Å². The number of halogens is 2. The average Bonchev–Trinajstić information content (AvgIpc) is 2.47. The predicted octanol–water partition coefficient (Wildman–Crippen LogP) is 3.69. The molecule has 0 bridgehead atoms. The van der Waals surface area contributed by atoms with Gasteiger partial charge < -0.3 is 10.4 Å². The van der Waals surface area contributed by atoms with Crippen molar-refractivity contribution in [1.29, 1.82) is 0 Å². The monoisotopic (exact) mass is 309 g/mol. The summed E-state index contributed by atoms with van der Waals surface area (Å²) in [7, 11) is 0. The van der Waals surface area contributed by atoms with Gasteiger partial charge in [0.15, 0.2) is 0 Å². The van der Waals surface area contributed by atoms with Crippen molar-refractivity contribution in [3.8, 4) is 0 Å². The largest absolute Gasteiger partial charge is 0.395 e. The van der Waals surface area contributed by atoms with Crippen LogP contribution in [-0.4, -0.2) is 17.8 Å². The second-order valence-corrected chi connectivity index (χ2v) is 5.53. The van der Waals surface area contributed by atoms with E-state index in [0.717, 1.165) is 12.0 Å². The van der Waals surface area contributed by atoms with E-state index < -0.39 is 0 Å². The molecule has 0 radical (unpaired) electrons. The number of benzene rings is 2. The van der Waals surface area contributed by atoms with Crippen LogP contribution in [0.3, 0.4) is 0 Å². The molecule has 0 saturated heterocycles. The predicted molar refractivity (Wildman–Crippen MR) is 84.3 cm³/mol. The lowest BCUT2D eigenvalue weighted by Gasteiger charge is -2.17. The van der Waals surface area contributed by atoms with E-state index >= 15 is 0 Å². The van der Waals surface area contributed by atoms with Crippen molar-refractivity contribution < 1.29 is 5.11 Å². The Bertz CT molecular complexity index is 545. The summed E-state index contributed by atoms with van der Waals surface area (Å²) in [6.45, 7) is 0.657. The van der Waals surface area contributed by atoms with Gasteiger partial charge in [-0.25, -0.2) is 0 Å². The van der Waals surface area contributed by atoms with Crippen LogP contribution in [0.2, 0.25) is 10.0 Å². The van der Waals surface area contributed by atoms with E-state index in [0.29, 0.717) is 16.6 Å². The van der Waals surface area contributed by atoms with Crippen LogP contribution in [0.5, 0.6) is 0 Å². The Kier molecular flexibility index (Phi) is 5.86. The molecular weight excluding hydrogens is 293 g/mol. The summed E-state index contributed by atoms with van der Waals surface area (Å²) in [5, 5.41) is 14.1. The van der Waals surface area contributed by atoms with E-state index in [1.54, 1.807) is 12.1 Å². The van der Waals surface area contributed by atoms with Crippen molar-refractivity contribution in [2.24, 2.45) is 0 Å². The van der Waals surface area contributed by atoms with Gasteiger partial charge in [-0.15, -0.1) is 0 Å². The topological polar surface area (TPSA) is 32.3 Å². The molecule has 2 N–H and O–H groups in total. The van der Waals surface area contributed by atoms with Crippen LogP contribution < -0.4 is 5.32 Å². The quantitative estimate of drug-likeness (QED) is 0.853. The molecule has 2 aromatic rings. The molecule has 106 valence electrons. The maximum atomic E-state index is 9.47.